The molecule has 0 aromatic heterocycles. The number of ether oxygens (including phenoxy) is 8. The first-order valence-corrected chi connectivity index (χ1v) is 28.1. The summed E-state index contributed by atoms with van der Waals surface area (Å²) in [7, 11) is 0. The lowest BCUT2D eigenvalue weighted by molar-refractivity contribution is -0.378. The van der Waals surface area contributed by atoms with E-state index < -0.39 is 189 Å². The second kappa shape index (κ2) is 23.9. The van der Waals surface area contributed by atoms with Gasteiger partial charge in [-0.25, -0.2) is 4.89 Å². The third-order valence-corrected chi connectivity index (χ3v) is 21.0. The van der Waals surface area contributed by atoms with Gasteiger partial charge in [-0.15, -0.1) is 0 Å². The number of fused-ring (bicyclic) bond motifs is 5. The van der Waals surface area contributed by atoms with Crippen LogP contribution in [-0.4, -0.2) is 255 Å². The van der Waals surface area contributed by atoms with Crippen LogP contribution >= 0.6 is 0 Å². The molecular formula is C54H92O25. The molecule has 79 heavy (non-hydrogen) atoms. The highest BCUT2D eigenvalue weighted by atomic mass is 17.1. The second-order valence-corrected chi connectivity index (χ2v) is 26.2. The molecule has 0 aromatic rings. The minimum atomic E-state index is -1.83. The van der Waals surface area contributed by atoms with E-state index in [1.807, 2.05) is 6.92 Å². The zero-order chi connectivity index (χ0) is 58.3. The van der Waals surface area contributed by atoms with Gasteiger partial charge in [0, 0.05) is 0 Å². The molecule has 458 valence electrons. The van der Waals surface area contributed by atoms with Crippen molar-refractivity contribution in [2.75, 3.05) is 26.4 Å². The van der Waals surface area contributed by atoms with Crippen molar-refractivity contribution in [1.29, 1.82) is 0 Å². The number of hydrogen-bond acceptors (Lipinski definition) is 25. The number of aliphatic hydroxyl groups excluding tert-OH is 15. The third-order valence-electron chi connectivity index (χ3n) is 21.0. The monoisotopic (exact) mass is 1140 g/mol. The van der Waals surface area contributed by atoms with Gasteiger partial charge >= 0.3 is 0 Å². The average molecular weight is 1140 g/mol. The van der Waals surface area contributed by atoms with E-state index in [9.17, 15) is 81.9 Å². The van der Waals surface area contributed by atoms with Gasteiger partial charge < -0.3 is 114 Å². The minimum Gasteiger partial charge on any atom is -0.394 e. The molecule has 4 heterocycles. The Balaban J connectivity index is 1.02. The first-order valence-electron chi connectivity index (χ1n) is 28.1. The molecule has 4 saturated heterocycles. The summed E-state index contributed by atoms with van der Waals surface area (Å²) in [6.45, 7) is 13.5. The van der Waals surface area contributed by atoms with Crippen LogP contribution in [-0.2, 0) is 42.8 Å². The fraction of sp³-hybridized carbons (Fsp3) is 0.963. The second-order valence-electron chi connectivity index (χ2n) is 26.2. The molecule has 25 heteroatoms. The van der Waals surface area contributed by atoms with Gasteiger partial charge in [-0.2, -0.15) is 0 Å². The van der Waals surface area contributed by atoms with Gasteiger partial charge in [-0.1, -0.05) is 46.8 Å². The Hall–Kier alpha value is -1.26. The number of aliphatic hydroxyl groups is 15. The fourth-order valence-electron chi connectivity index (χ4n) is 16.2. The summed E-state index contributed by atoms with van der Waals surface area (Å²) in [5.41, 5.74) is -4.22. The molecule has 4 aliphatic carbocycles. The van der Waals surface area contributed by atoms with Crippen molar-refractivity contribution in [1.82, 2.24) is 0 Å². The van der Waals surface area contributed by atoms with Crippen LogP contribution in [0.3, 0.4) is 0 Å². The fourth-order valence-corrected chi connectivity index (χ4v) is 16.2. The molecule has 0 aromatic carbocycles. The molecule has 30 atom stereocenters. The maximum Gasteiger partial charge on any atom is 0.187 e. The lowest BCUT2D eigenvalue weighted by Gasteiger charge is -2.71. The van der Waals surface area contributed by atoms with Crippen molar-refractivity contribution in [2.45, 2.75) is 253 Å². The highest BCUT2D eigenvalue weighted by Crippen LogP contribution is 2.76. The minimum absolute atomic E-state index is 0.000818. The average Bonchev–Trinajstić information content (AvgIpc) is 3.99. The van der Waals surface area contributed by atoms with Gasteiger partial charge in [0.2, 0.25) is 0 Å². The predicted octanol–water partition coefficient (Wildman–Crippen LogP) is -2.73. The van der Waals surface area contributed by atoms with Crippen molar-refractivity contribution in [3.05, 3.63) is 12.2 Å². The summed E-state index contributed by atoms with van der Waals surface area (Å²) >= 11 is 0. The summed E-state index contributed by atoms with van der Waals surface area (Å²) < 4.78 is 48.8. The van der Waals surface area contributed by atoms with E-state index in [4.69, 9.17) is 42.8 Å². The Kier molecular flexibility index (Phi) is 19.3. The van der Waals surface area contributed by atoms with Crippen LogP contribution in [0.15, 0.2) is 12.2 Å². The molecule has 0 amide bonds. The van der Waals surface area contributed by atoms with Crippen molar-refractivity contribution in [3.63, 3.8) is 0 Å². The third kappa shape index (κ3) is 11.3. The van der Waals surface area contributed by atoms with Crippen LogP contribution in [0.5, 0.6) is 0 Å². The number of rotatable bonds is 17. The van der Waals surface area contributed by atoms with Crippen LogP contribution in [0.4, 0.5) is 0 Å². The van der Waals surface area contributed by atoms with Crippen molar-refractivity contribution in [2.24, 2.45) is 45.3 Å². The van der Waals surface area contributed by atoms with Gasteiger partial charge in [0.1, 0.15) is 103 Å². The van der Waals surface area contributed by atoms with Crippen molar-refractivity contribution in [3.8, 4) is 0 Å². The molecule has 16 N–H and O–H groups in total. The van der Waals surface area contributed by atoms with Crippen molar-refractivity contribution >= 4 is 0 Å². The summed E-state index contributed by atoms with van der Waals surface area (Å²) in [4.78, 5) is 4.70. The van der Waals surface area contributed by atoms with Crippen molar-refractivity contribution < 1.29 is 125 Å². The highest BCUT2D eigenvalue weighted by molar-refractivity contribution is 5.21. The largest absolute Gasteiger partial charge is 0.394 e. The van der Waals surface area contributed by atoms with E-state index in [0.29, 0.717) is 32.1 Å². The van der Waals surface area contributed by atoms with E-state index in [1.165, 1.54) is 0 Å². The summed E-state index contributed by atoms with van der Waals surface area (Å²) in [5, 5.41) is 172. The predicted molar refractivity (Wildman–Crippen MR) is 269 cm³/mol. The number of hydrogen-bond donors (Lipinski definition) is 16. The smallest absolute Gasteiger partial charge is 0.187 e. The van der Waals surface area contributed by atoms with E-state index >= 15 is 0 Å². The Morgan fingerprint density at radius 3 is 1.62 bits per heavy atom. The summed E-state index contributed by atoms with van der Waals surface area (Å²) in [6, 6.07) is 0. The topological polar surface area (TPSA) is 407 Å². The van der Waals surface area contributed by atoms with Crippen LogP contribution in [0.1, 0.15) is 107 Å². The Morgan fingerprint density at radius 1 is 0.532 bits per heavy atom. The molecule has 0 bridgehead atoms. The zero-order valence-electron chi connectivity index (χ0n) is 46.5. The summed E-state index contributed by atoms with van der Waals surface area (Å²) in [5.74, 6) is -0.807. The zero-order valence-corrected chi connectivity index (χ0v) is 46.5. The van der Waals surface area contributed by atoms with E-state index in [0.717, 1.165) is 12.8 Å². The molecule has 25 nitrogen and oxygen atoms in total. The van der Waals surface area contributed by atoms with E-state index in [1.54, 1.807) is 26.0 Å². The highest BCUT2D eigenvalue weighted by Gasteiger charge is 2.72. The summed E-state index contributed by atoms with van der Waals surface area (Å²) in [6.07, 6.45) is -25.9. The van der Waals surface area contributed by atoms with Crippen LogP contribution in [0.25, 0.3) is 0 Å². The molecule has 0 radical (unpaired) electrons. The molecule has 8 fully saturated rings. The van der Waals surface area contributed by atoms with E-state index in [2.05, 4.69) is 34.6 Å². The van der Waals surface area contributed by atoms with Gasteiger partial charge in [0.05, 0.1) is 44.2 Å². The Labute approximate surface area is 460 Å². The van der Waals surface area contributed by atoms with Gasteiger partial charge in [0.25, 0.3) is 0 Å². The standard InChI is InChI=1S/C54H92O25/c1-49(2,79-70)13-9-14-54(8,78-47-43(69)39(65)36(62)28(75-47)22-71-45-41(67)37(63)33(59)25(19-55)72-45)23-10-16-53(7)32(23)24(58)18-30-51(5)15-12-31(50(3,4)29(51)11-17-52(30,53)6)76-48-44(40(66)35(61)27(21-57)74-48)77-46-42(68)38(64)34(60)26(20-56)73-46/h9,13,23-48,55-70H,10-12,14-22H2,1-8H3/b13-9+/t23-,24+,25+,26+,27+,28+,29+,30+,31+,32-,33+,34+,35+,36+,37-,38-,39-,40-,41+,42+,43+,44+,45+,46-,47-,48-,51+,52+,53-,54+/m1/s1. The van der Waals surface area contributed by atoms with Crippen LogP contribution in [0, 0.1) is 45.3 Å². The quantitative estimate of drug-likeness (QED) is 0.0304. The van der Waals surface area contributed by atoms with E-state index in [-0.39, 0.29) is 35.0 Å². The lowest BCUT2D eigenvalue weighted by atomic mass is 9.35. The Morgan fingerprint density at radius 2 is 1.04 bits per heavy atom. The van der Waals surface area contributed by atoms with Gasteiger partial charge in [-0.05, 0) is 117 Å². The molecule has 4 aliphatic heterocycles. The van der Waals surface area contributed by atoms with Crippen LogP contribution in [0.2, 0.25) is 0 Å². The van der Waals surface area contributed by atoms with Crippen LogP contribution < -0.4 is 0 Å². The first kappa shape index (κ1) is 63.8. The molecule has 0 unspecified atom stereocenters. The molecular weight excluding hydrogens is 1050 g/mol. The first-order chi connectivity index (χ1) is 36.9. The Bertz CT molecular complexity index is 2050. The maximum atomic E-state index is 12.9. The lowest BCUT2D eigenvalue weighted by Crippen LogP contribution is -2.68. The normalized spacial score (nSPS) is 52.1. The maximum absolute atomic E-state index is 12.9. The molecule has 8 rings (SSSR count). The molecule has 0 spiro atoms. The molecule has 4 saturated carbocycles. The van der Waals surface area contributed by atoms with Gasteiger partial charge in [0.15, 0.2) is 25.2 Å². The SMILES string of the molecule is CC(C)(/C=C/C[C@](C)(O[C@H]1O[C@@H](CO[C@H]2O[C@@H](CO)[C@H](O)[C@@H](O)[C@@H]2O)[C@H](O)[C@@H](O)[C@@H]1O)[C@@H]1CC[C@]2(C)[C@H]1[C@@H](O)C[C@H]1[C@@]3(C)CC[C@H](O[C@H]4O[C@@H](CO)[C@H](O)[C@@H](O)[C@@H]4O[C@H]4O[C@@H](CO)[C@H](O)[C@@H](O)[C@@H]4O)C(C)(C)[C@@H]3CC[C@@]12C)OO. The van der Waals surface area contributed by atoms with Gasteiger partial charge in [-0.3, -0.25) is 5.26 Å². The molecule has 8 aliphatic rings.